The maximum Gasteiger partial charge on any atom is 0.417 e. The van der Waals surface area contributed by atoms with Crippen molar-refractivity contribution in [2.75, 3.05) is 5.75 Å². The second kappa shape index (κ2) is 6.92. The van der Waals surface area contributed by atoms with Crippen molar-refractivity contribution in [2.45, 2.75) is 25.2 Å². The summed E-state index contributed by atoms with van der Waals surface area (Å²) in [6.45, 7) is 3.86. The lowest BCUT2D eigenvalue weighted by Gasteiger charge is -2.08. The Morgan fingerprint density at radius 1 is 1.19 bits per heavy atom. The lowest BCUT2D eigenvalue weighted by atomic mass is 10.0. The van der Waals surface area contributed by atoms with Gasteiger partial charge in [-0.15, -0.1) is 10.2 Å². The van der Waals surface area contributed by atoms with Crippen LogP contribution in [0, 0.1) is 13.8 Å². The summed E-state index contributed by atoms with van der Waals surface area (Å²) < 4.78 is 40.1. The van der Waals surface area contributed by atoms with Crippen molar-refractivity contribution in [3.05, 3.63) is 57.7 Å². The van der Waals surface area contributed by atoms with Crippen LogP contribution >= 0.6 is 23.4 Å². The van der Waals surface area contributed by atoms with E-state index in [2.05, 4.69) is 10.2 Å². The van der Waals surface area contributed by atoms with Crippen LogP contribution in [0.15, 0.2) is 35.6 Å². The number of aryl methyl sites for hydroxylation is 2. The highest BCUT2D eigenvalue weighted by Gasteiger charge is 2.32. The summed E-state index contributed by atoms with van der Waals surface area (Å²) in [5, 5.41) is 7.67. The first-order chi connectivity index (χ1) is 12.2. The molecule has 3 aromatic rings. The molecule has 2 heterocycles. The fourth-order valence-corrected chi connectivity index (χ4v) is 3.37. The first-order valence-corrected chi connectivity index (χ1v) is 8.88. The van der Waals surface area contributed by atoms with E-state index in [4.69, 9.17) is 11.6 Å². The van der Waals surface area contributed by atoms with E-state index in [0.717, 1.165) is 39.6 Å². The third-order valence-electron chi connectivity index (χ3n) is 3.92. The Morgan fingerprint density at radius 2 is 1.92 bits per heavy atom. The van der Waals surface area contributed by atoms with Crippen LogP contribution < -0.4 is 0 Å². The first kappa shape index (κ1) is 18.7. The zero-order valence-corrected chi connectivity index (χ0v) is 15.3. The molecule has 1 aromatic carbocycles. The largest absolute Gasteiger partial charge is 0.417 e. The van der Waals surface area contributed by atoms with Gasteiger partial charge in [0.2, 0.25) is 0 Å². The minimum Gasteiger partial charge on any atom is -0.293 e. The predicted octanol–water partition coefficient (Wildman–Crippen LogP) is 4.99. The number of nitrogens with zero attached hydrogens (tertiary/aromatic N) is 3. The van der Waals surface area contributed by atoms with Crippen LogP contribution in [-0.2, 0) is 6.18 Å². The lowest BCUT2D eigenvalue weighted by Crippen LogP contribution is -2.07. The van der Waals surface area contributed by atoms with Crippen LogP contribution in [-0.4, -0.2) is 26.1 Å². The third-order valence-corrected chi connectivity index (χ3v) is 5.14. The number of pyridine rings is 1. The van der Waals surface area contributed by atoms with Gasteiger partial charge in [0.15, 0.2) is 16.6 Å². The summed E-state index contributed by atoms with van der Waals surface area (Å²) in [7, 11) is 0. The van der Waals surface area contributed by atoms with Crippen LogP contribution in [0.4, 0.5) is 13.2 Å². The average Bonchev–Trinajstić information content (AvgIpc) is 2.98. The Morgan fingerprint density at radius 3 is 2.58 bits per heavy atom. The number of Topliss-reactive ketones (excluding diaryl/α,β-unsaturated/α-hetero) is 1. The van der Waals surface area contributed by atoms with Gasteiger partial charge < -0.3 is 0 Å². The van der Waals surface area contributed by atoms with E-state index in [1.165, 1.54) is 0 Å². The molecule has 0 amide bonds. The predicted molar refractivity (Wildman–Crippen MR) is 94.0 cm³/mol. The van der Waals surface area contributed by atoms with Crippen LogP contribution in [0.3, 0.4) is 0 Å². The topological polar surface area (TPSA) is 47.3 Å². The second-order valence-corrected chi connectivity index (χ2v) is 7.11. The quantitative estimate of drug-likeness (QED) is 0.458. The molecule has 0 saturated carbocycles. The van der Waals surface area contributed by atoms with E-state index in [9.17, 15) is 18.0 Å². The van der Waals surface area contributed by atoms with Gasteiger partial charge in [0.25, 0.3) is 0 Å². The Bertz CT molecular complexity index is 1000. The number of rotatable bonds is 4. The van der Waals surface area contributed by atoms with Gasteiger partial charge >= 0.3 is 6.18 Å². The number of carbonyl (C=O) groups is 1. The van der Waals surface area contributed by atoms with Gasteiger partial charge in [0, 0.05) is 11.8 Å². The van der Waals surface area contributed by atoms with E-state index >= 15 is 0 Å². The van der Waals surface area contributed by atoms with Gasteiger partial charge in [-0.3, -0.25) is 9.20 Å². The Balaban J connectivity index is 1.86. The lowest BCUT2D eigenvalue weighted by molar-refractivity contribution is -0.137. The minimum atomic E-state index is -4.54. The monoisotopic (exact) mass is 399 g/mol. The van der Waals surface area contributed by atoms with Gasteiger partial charge in [-0.25, -0.2) is 0 Å². The van der Waals surface area contributed by atoms with Crippen molar-refractivity contribution >= 4 is 34.8 Å². The van der Waals surface area contributed by atoms with Crippen LogP contribution in [0.5, 0.6) is 0 Å². The van der Waals surface area contributed by atoms with Crippen molar-refractivity contribution < 1.29 is 18.0 Å². The molecule has 9 heteroatoms. The molecule has 3 rings (SSSR count). The van der Waals surface area contributed by atoms with Crippen molar-refractivity contribution in [3.63, 3.8) is 0 Å². The molecular weight excluding hydrogens is 387 g/mol. The molecule has 0 aliphatic rings. The molecule has 0 bridgehead atoms. The highest BCUT2D eigenvalue weighted by Crippen LogP contribution is 2.33. The van der Waals surface area contributed by atoms with E-state index in [-0.39, 0.29) is 27.4 Å². The number of ketones is 1. The summed E-state index contributed by atoms with van der Waals surface area (Å²) in [6, 6.07) is 6.18. The van der Waals surface area contributed by atoms with Crippen LogP contribution in [0.2, 0.25) is 5.02 Å². The van der Waals surface area contributed by atoms with Gasteiger partial charge in [0.1, 0.15) is 0 Å². The number of benzene rings is 1. The standard InChI is InChI=1S/C17H13ClF3N3OS/c1-9-3-4-11(5-10(9)2)14(25)8-26-16-23-22-15-13(18)6-12(7-24(15)16)17(19,20)21/h3-7H,8H2,1-2H3. The van der Waals surface area contributed by atoms with Gasteiger partial charge in [-0.2, -0.15) is 13.2 Å². The van der Waals surface area contributed by atoms with Gasteiger partial charge in [-0.05, 0) is 37.1 Å². The summed E-state index contributed by atoms with van der Waals surface area (Å²) >= 11 is 6.88. The molecule has 26 heavy (non-hydrogen) atoms. The molecule has 0 fully saturated rings. The number of aromatic nitrogens is 3. The maximum atomic E-state index is 13.0. The third kappa shape index (κ3) is 3.71. The highest BCUT2D eigenvalue weighted by molar-refractivity contribution is 7.99. The molecule has 0 N–H and O–H groups in total. The summed E-state index contributed by atoms with van der Waals surface area (Å²) in [4.78, 5) is 12.3. The van der Waals surface area contributed by atoms with E-state index in [1.807, 2.05) is 19.9 Å². The molecule has 0 saturated heterocycles. The summed E-state index contributed by atoms with van der Waals surface area (Å²) in [5.41, 5.74) is 1.82. The smallest absolute Gasteiger partial charge is 0.293 e. The van der Waals surface area contributed by atoms with Crippen molar-refractivity contribution in [1.82, 2.24) is 14.6 Å². The van der Waals surface area contributed by atoms with Gasteiger partial charge in [0.05, 0.1) is 16.3 Å². The molecule has 0 unspecified atom stereocenters. The van der Waals surface area contributed by atoms with Crippen molar-refractivity contribution in [1.29, 1.82) is 0 Å². The molecule has 0 aliphatic carbocycles. The molecule has 2 aromatic heterocycles. The molecule has 0 atom stereocenters. The van der Waals surface area contributed by atoms with E-state index in [1.54, 1.807) is 12.1 Å². The molecule has 0 spiro atoms. The molecule has 136 valence electrons. The summed E-state index contributed by atoms with van der Waals surface area (Å²) in [6.07, 6.45) is -3.66. The zero-order valence-electron chi connectivity index (χ0n) is 13.8. The number of hydrogen-bond donors (Lipinski definition) is 0. The fraction of sp³-hybridized carbons (Fsp3) is 0.235. The minimum absolute atomic E-state index is 0.0250. The Labute approximate surface area is 156 Å². The number of halogens is 4. The second-order valence-electron chi connectivity index (χ2n) is 5.76. The zero-order chi connectivity index (χ0) is 19.1. The SMILES string of the molecule is Cc1ccc(C(=O)CSc2nnc3c(Cl)cc(C(F)(F)F)cn23)cc1C. The molecular formula is C17H13ClF3N3OS. The number of fused-ring (bicyclic) bond motifs is 1. The number of thioether (sulfide) groups is 1. The first-order valence-electron chi connectivity index (χ1n) is 7.51. The number of alkyl halides is 3. The molecule has 4 nitrogen and oxygen atoms in total. The van der Waals surface area contributed by atoms with Gasteiger partial charge in [-0.1, -0.05) is 35.5 Å². The number of carbonyl (C=O) groups excluding carboxylic acids is 1. The Hall–Kier alpha value is -2.06. The molecule has 0 radical (unpaired) electrons. The fourth-order valence-electron chi connectivity index (χ4n) is 2.32. The average molecular weight is 400 g/mol. The number of hydrogen-bond acceptors (Lipinski definition) is 4. The molecule has 0 aliphatic heterocycles. The van der Waals surface area contributed by atoms with Crippen molar-refractivity contribution in [2.24, 2.45) is 0 Å². The van der Waals surface area contributed by atoms with Crippen LogP contribution in [0.1, 0.15) is 27.0 Å². The maximum absolute atomic E-state index is 13.0. The normalized spacial score (nSPS) is 11.9. The Kier molecular flexibility index (Phi) is 4.98. The highest BCUT2D eigenvalue weighted by atomic mass is 35.5. The summed E-state index contributed by atoms with van der Waals surface area (Å²) in [5.74, 6) is -0.120. The van der Waals surface area contributed by atoms with Crippen LogP contribution in [0.25, 0.3) is 5.65 Å². The van der Waals surface area contributed by atoms with E-state index < -0.39 is 11.7 Å². The van der Waals surface area contributed by atoms with E-state index in [0.29, 0.717) is 5.56 Å². The van der Waals surface area contributed by atoms with Crippen molar-refractivity contribution in [3.8, 4) is 0 Å².